The molecule has 5 heteroatoms. The van der Waals surface area contributed by atoms with E-state index in [-0.39, 0.29) is 5.91 Å². The first-order chi connectivity index (χ1) is 9.85. The standard InChI is InChI=1S/C16H26N2O2S/c1-12(2)21-11-10-17-15(19)16(3,4)18-13-6-8-14(20-5)9-7-13/h6-9,12,18H,10-11H2,1-5H3,(H,17,19). The SMILES string of the molecule is COc1ccc(NC(C)(C)C(=O)NCCSC(C)C)cc1. The van der Waals surface area contributed by atoms with Crippen LogP contribution in [-0.4, -0.2) is 36.1 Å². The minimum absolute atomic E-state index is 0.00248. The van der Waals surface area contributed by atoms with Crippen molar-refractivity contribution in [3.05, 3.63) is 24.3 Å². The molecule has 1 rings (SSSR count). The maximum atomic E-state index is 12.2. The van der Waals surface area contributed by atoms with Crippen molar-refractivity contribution >= 4 is 23.4 Å². The molecule has 0 fully saturated rings. The van der Waals surface area contributed by atoms with E-state index in [1.165, 1.54) is 0 Å². The van der Waals surface area contributed by atoms with Crippen molar-refractivity contribution in [3.8, 4) is 5.75 Å². The number of ether oxygens (including phenoxy) is 1. The van der Waals surface area contributed by atoms with Gasteiger partial charge in [-0.1, -0.05) is 13.8 Å². The van der Waals surface area contributed by atoms with Crippen molar-refractivity contribution in [1.29, 1.82) is 0 Å². The van der Waals surface area contributed by atoms with E-state index in [2.05, 4.69) is 24.5 Å². The van der Waals surface area contributed by atoms with Crippen LogP contribution in [0.15, 0.2) is 24.3 Å². The molecule has 0 aromatic heterocycles. The Morgan fingerprint density at radius 2 is 1.90 bits per heavy atom. The lowest BCUT2D eigenvalue weighted by Gasteiger charge is -2.26. The molecule has 0 heterocycles. The molecule has 118 valence electrons. The fraction of sp³-hybridized carbons (Fsp3) is 0.562. The van der Waals surface area contributed by atoms with Crippen molar-refractivity contribution in [1.82, 2.24) is 5.32 Å². The molecule has 1 aromatic rings. The summed E-state index contributed by atoms with van der Waals surface area (Å²) in [5, 5.41) is 6.81. The average molecular weight is 310 g/mol. The van der Waals surface area contributed by atoms with Gasteiger partial charge in [-0.15, -0.1) is 0 Å². The highest BCUT2D eigenvalue weighted by Crippen LogP contribution is 2.19. The Hall–Kier alpha value is -1.36. The number of carbonyl (C=O) groups is 1. The molecule has 21 heavy (non-hydrogen) atoms. The zero-order valence-corrected chi connectivity index (χ0v) is 14.3. The van der Waals surface area contributed by atoms with E-state index in [0.717, 1.165) is 17.2 Å². The number of rotatable bonds is 8. The summed E-state index contributed by atoms with van der Waals surface area (Å²) in [6.07, 6.45) is 0. The molecule has 0 spiro atoms. The summed E-state index contributed by atoms with van der Waals surface area (Å²) in [5.41, 5.74) is 0.240. The van der Waals surface area contributed by atoms with Gasteiger partial charge in [0.25, 0.3) is 0 Å². The van der Waals surface area contributed by atoms with Gasteiger partial charge in [0.05, 0.1) is 7.11 Å². The summed E-state index contributed by atoms with van der Waals surface area (Å²) < 4.78 is 5.12. The Morgan fingerprint density at radius 3 is 2.43 bits per heavy atom. The van der Waals surface area contributed by atoms with Gasteiger partial charge >= 0.3 is 0 Å². The Bertz CT molecular complexity index is 444. The van der Waals surface area contributed by atoms with Crippen molar-refractivity contribution < 1.29 is 9.53 Å². The van der Waals surface area contributed by atoms with Crippen LogP contribution in [0.2, 0.25) is 0 Å². The first kappa shape index (κ1) is 17.7. The Labute approximate surface area is 132 Å². The lowest BCUT2D eigenvalue weighted by atomic mass is 10.0. The highest BCUT2D eigenvalue weighted by molar-refractivity contribution is 7.99. The highest BCUT2D eigenvalue weighted by atomic mass is 32.2. The predicted octanol–water partition coefficient (Wildman–Crippen LogP) is 3.14. The summed E-state index contributed by atoms with van der Waals surface area (Å²) >= 11 is 1.84. The van der Waals surface area contributed by atoms with Crippen LogP contribution >= 0.6 is 11.8 Å². The van der Waals surface area contributed by atoms with Crippen LogP contribution in [0, 0.1) is 0 Å². The normalized spacial score (nSPS) is 11.3. The van der Waals surface area contributed by atoms with E-state index in [9.17, 15) is 4.79 Å². The van der Waals surface area contributed by atoms with E-state index in [1.807, 2.05) is 49.9 Å². The van der Waals surface area contributed by atoms with Gasteiger partial charge in [-0.3, -0.25) is 4.79 Å². The van der Waals surface area contributed by atoms with Crippen molar-refractivity contribution in [2.24, 2.45) is 0 Å². The molecule has 0 atom stereocenters. The molecule has 0 saturated carbocycles. The Balaban J connectivity index is 2.48. The molecule has 0 unspecified atom stereocenters. The number of carbonyl (C=O) groups excluding carboxylic acids is 1. The molecule has 0 bridgehead atoms. The molecule has 1 amide bonds. The van der Waals surface area contributed by atoms with Crippen LogP contribution in [0.3, 0.4) is 0 Å². The monoisotopic (exact) mass is 310 g/mol. The minimum Gasteiger partial charge on any atom is -0.497 e. The summed E-state index contributed by atoms with van der Waals surface area (Å²) in [7, 11) is 1.63. The molecule has 0 radical (unpaired) electrons. The van der Waals surface area contributed by atoms with Crippen LogP contribution in [-0.2, 0) is 4.79 Å². The largest absolute Gasteiger partial charge is 0.497 e. The van der Waals surface area contributed by atoms with E-state index in [4.69, 9.17) is 4.74 Å². The third-order valence-corrected chi connectivity index (χ3v) is 4.06. The Kier molecular flexibility index (Phi) is 6.89. The van der Waals surface area contributed by atoms with Gasteiger partial charge in [0.2, 0.25) is 5.91 Å². The zero-order valence-electron chi connectivity index (χ0n) is 13.5. The third kappa shape index (κ3) is 6.29. The number of nitrogens with one attached hydrogen (secondary N) is 2. The maximum Gasteiger partial charge on any atom is 0.245 e. The van der Waals surface area contributed by atoms with Crippen LogP contribution < -0.4 is 15.4 Å². The lowest BCUT2D eigenvalue weighted by molar-refractivity contribution is -0.124. The first-order valence-corrected chi connectivity index (χ1v) is 8.22. The molecule has 2 N–H and O–H groups in total. The fourth-order valence-corrected chi connectivity index (χ4v) is 2.46. The van der Waals surface area contributed by atoms with Crippen LogP contribution in [0.4, 0.5) is 5.69 Å². The maximum absolute atomic E-state index is 12.2. The van der Waals surface area contributed by atoms with Gasteiger partial charge in [-0.25, -0.2) is 0 Å². The molecule has 0 aliphatic carbocycles. The minimum atomic E-state index is -0.656. The van der Waals surface area contributed by atoms with Crippen molar-refractivity contribution in [3.63, 3.8) is 0 Å². The van der Waals surface area contributed by atoms with Gasteiger partial charge in [0.15, 0.2) is 0 Å². The number of thioether (sulfide) groups is 1. The topological polar surface area (TPSA) is 50.4 Å². The fourth-order valence-electron chi connectivity index (χ4n) is 1.77. The summed E-state index contributed by atoms with van der Waals surface area (Å²) in [6.45, 7) is 8.75. The van der Waals surface area contributed by atoms with Gasteiger partial charge in [-0.2, -0.15) is 11.8 Å². The van der Waals surface area contributed by atoms with Crippen molar-refractivity contribution in [2.75, 3.05) is 24.7 Å². The first-order valence-electron chi connectivity index (χ1n) is 7.17. The molecule has 0 aliphatic rings. The number of hydrogen-bond donors (Lipinski definition) is 2. The van der Waals surface area contributed by atoms with Gasteiger partial charge < -0.3 is 15.4 Å². The Morgan fingerprint density at radius 1 is 1.29 bits per heavy atom. The smallest absolute Gasteiger partial charge is 0.245 e. The number of hydrogen-bond acceptors (Lipinski definition) is 4. The second-order valence-corrected chi connectivity index (χ2v) is 7.34. The number of anilines is 1. The van der Waals surface area contributed by atoms with Gasteiger partial charge in [0.1, 0.15) is 11.3 Å². The van der Waals surface area contributed by atoms with E-state index < -0.39 is 5.54 Å². The van der Waals surface area contributed by atoms with Crippen LogP contribution in [0.25, 0.3) is 0 Å². The average Bonchev–Trinajstić information content (AvgIpc) is 2.43. The van der Waals surface area contributed by atoms with E-state index >= 15 is 0 Å². The van der Waals surface area contributed by atoms with E-state index in [1.54, 1.807) is 7.11 Å². The lowest BCUT2D eigenvalue weighted by Crippen LogP contribution is -2.48. The van der Waals surface area contributed by atoms with Gasteiger partial charge in [0, 0.05) is 18.0 Å². The van der Waals surface area contributed by atoms with Gasteiger partial charge in [-0.05, 0) is 43.4 Å². The quantitative estimate of drug-likeness (QED) is 0.724. The van der Waals surface area contributed by atoms with Crippen LogP contribution in [0.5, 0.6) is 5.75 Å². The molecule has 4 nitrogen and oxygen atoms in total. The molecular formula is C16H26N2O2S. The molecule has 1 aromatic carbocycles. The molecule has 0 aliphatic heterocycles. The van der Waals surface area contributed by atoms with E-state index in [0.29, 0.717) is 11.8 Å². The second kappa shape index (κ2) is 8.17. The summed E-state index contributed by atoms with van der Waals surface area (Å²) in [4.78, 5) is 12.2. The zero-order chi connectivity index (χ0) is 15.9. The van der Waals surface area contributed by atoms with Crippen molar-refractivity contribution in [2.45, 2.75) is 38.5 Å². The van der Waals surface area contributed by atoms with Crippen LogP contribution in [0.1, 0.15) is 27.7 Å². The summed E-state index contributed by atoms with van der Waals surface area (Å²) in [6, 6.07) is 7.55. The third-order valence-electron chi connectivity index (χ3n) is 2.95. The summed E-state index contributed by atoms with van der Waals surface area (Å²) in [5.74, 6) is 1.73. The number of benzene rings is 1. The number of methoxy groups -OCH3 is 1. The molecule has 0 saturated heterocycles. The number of amides is 1. The highest BCUT2D eigenvalue weighted by Gasteiger charge is 2.26. The second-order valence-electron chi connectivity index (χ2n) is 5.65. The molecular weight excluding hydrogens is 284 g/mol. The predicted molar refractivity (Wildman–Crippen MR) is 91.3 cm³/mol.